The molecule has 0 fully saturated rings. The largest absolute Gasteiger partial charge is 0.315 e. The Bertz CT molecular complexity index is 293. The number of likely N-dealkylation sites (N-methyl/N-ethyl adjacent to an activating group) is 1. The molecule has 1 aliphatic rings. The van der Waals surface area contributed by atoms with Gasteiger partial charge >= 0.3 is 0 Å². The van der Waals surface area contributed by atoms with Crippen LogP contribution in [0.5, 0.6) is 0 Å². The predicted octanol–water partition coefficient (Wildman–Crippen LogP) is 1.46. The van der Waals surface area contributed by atoms with E-state index >= 15 is 0 Å². The maximum atomic E-state index is 3.20. The molecule has 72 valence electrons. The van der Waals surface area contributed by atoms with E-state index in [0.29, 0.717) is 0 Å². The number of nitrogens with one attached hydrogen (secondary N) is 1. The van der Waals surface area contributed by atoms with E-state index in [-0.39, 0.29) is 0 Å². The van der Waals surface area contributed by atoms with Crippen molar-refractivity contribution in [2.75, 3.05) is 20.6 Å². The first kappa shape index (κ1) is 9.19. The number of nitrogens with zero attached hydrogens (tertiary/aromatic N) is 1. The zero-order valence-corrected chi connectivity index (χ0v) is 9.08. The highest BCUT2D eigenvalue weighted by Gasteiger charge is 2.15. The monoisotopic (exact) mass is 196 g/mol. The Morgan fingerprint density at radius 2 is 2.46 bits per heavy atom. The molecule has 0 aromatic carbocycles. The smallest absolute Gasteiger partial charge is 0.0327 e. The van der Waals surface area contributed by atoms with Crippen molar-refractivity contribution in [3.05, 3.63) is 21.4 Å². The summed E-state index contributed by atoms with van der Waals surface area (Å²) in [5.41, 5.74) is 1.58. The molecule has 1 N–H and O–H groups in total. The SMILES string of the molecule is CNCc1cc2c(s1)CN(C)CC2. The second-order valence-electron chi connectivity index (χ2n) is 3.68. The van der Waals surface area contributed by atoms with Crippen LogP contribution in [0.4, 0.5) is 0 Å². The molecule has 0 atom stereocenters. The molecule has 0 aliphatic carbocycles. The molecule has 0 spiro atoms. The Labute approximate surface area is 83.6 Å². The topological polar surface area (TPSA) is 15.3 Å². The summed E-state index contributed by atoms with van der Waals surface area (Å²) >= 11 is 1.96. The van der Waals surface area contributed by atoms with Gasteiger partial charge in [0.1, 0.15) is 0 Å². The van der Waals surface area contributed by atoms with Crippen LogP contribution >= 0.6 is 11.3 Å². The molecule has 3 heteroatoms. The number of fused-ring (bicyclic) bond motifs is 1. The lowest BCUT2D eigenvalue weighted by atomic mass is 10.1. The molecular formula is C10H16N2S. The zero-order valence-electron chi connectivity index (χ0n) is 8.26. The lowest BCUT2D eigenvalue weighted by molar-refractivity contribution is 0.317. The molecule has 2 rings (SSSR count). The Kier molecular flexibility index (Phi) is 2.67. The molecule has 0 saturated heterocycles. The van der Waals surface area contributed by atoms with Gasteiger partial charge in [0.05, 0.1) is 0 Å². The van der Waals surface area contributed by atoms with Crippen molar-refractivity contribution in [3.8, 4) is 0 Å². The molecule has 0 unspecified atom stereocenters. The molecule has 0 amide bonds. The quantitative estimate of drug-likeness (QED) is 0.770. The van der Waals surface area contributed by atoms with Crippen molar-refractivity contribution in [2.24, 2.45) is 0 Å². The fraction of sp³-hybridized carbons (Fsp3) is 0.600. The highest BCUT2D eigenvalue weighted by molar-refractivity contribution is 7.12. The third-order valence-electron chi connectivity index (χ3n) is 2.48. The number of hydrogen-bond acceptors (Lipinski definition) is 3. The van der Waals surface area contributed by atoms with Gasteiger partial charge in [0.15, 0.2) is 0 Å². The van der Waals surface area contributed by atoms with E-state index in [4.69, 9.17) is 0 Å². The van der Waals surface area contributed by atoms with Crippen molar-refractivity contribution in [1.82, 2.24) is 10.2 Å². The standard InChI is InChI=1S/C10H16N2S/c1-11-6-9-5-8-3-4-12(2)7-10(8)13-9/h5,11H,3-4,6-7H2,1-2H3. The molecule has 0 bridgehead atoms. The molecule has 2 nitrogen and oxygen atoms in total. The zero-order chi connectivity index (χ0) is 9.26. The highest BCUT2D eigenvalue weighted by atomic mass is 32.1. The van der Waals surface area contributed by atoms with Gasteiger partial charge in [-0.05, 0) is 32.1 Å². The molecule has 0 radical (unpaired) electrons. The van der Waals surface area contributed by atoms with E-state index in [9.17, 15) is 0 Å². The van der Waals surface area contributed by atoms with E-state index in [1.807, 2.05) is 18.4 Å². The Morgan fingerprint density at radius 1 is 1.62 bits per heavy atom. The molecule has 1 aromatic rings. The van der Waals surface area contributed by atoms with Gasteiger partial charge in [0.2, 0.25) is 0 Å². The van der Waals surface area contributed by atoms with Gasteiger partial charge in [-0.3, -0.25) is 0 Å². The van der Waals surface area contributed by atoms with Gasteiger partial charge in [0, 0.05) is 29.4 Å². The summed E-state index contributed by atoms with van der Waals surface area (Å²) in [5, 5.41) is 3.20. The van der Waals surface area contributed by atoms with E-state index in [1.54, 1.807) is 10.4 Å². The van der Waals surface area contributed by atoms with Crippen molar-refractivity contribution < 1.29 is 0 Å². The normalized spacial score (nSPS) is 17.4. The van der Waals surface area contributed by atoms with Crippen LogP contribution in [0.2, 0.25) is 0 Å². The van der Waals surface area contributed by atoms with E-state index in [2.05, 4.69) is 23.3 Å². The Balaban J connectivity index is 2.18. The van der Waals surface area contributed by atoms with Gasteiger partial charge in [-0.25, -0.2) is 0 Å². The van der Waals surface area contributed by atoms with Crippen LogP contribution in [-0.2, 0) is 19.5 Å². The summed E-state index contributed by atoms with van der Waals surface area (Å²) in [6, 6.07) is 2.36. The lowest BCUT2D eigenvalue weighted by Gasteiger charge is -2.21. The van der Waals surface area contributed by atoms with E-state index in [0.717, 1.165) is 13.1 Å². The highest BCUT2D eigenvalue weighted by Crippen LogP contribution is 2.27. The van der Waals surface area contributed by atoms with Crippen LogP contribution < -0.4 is 5.32 Å². The van der Waals surface area contributed by atoms with Gasteiger partial charge in [-0.2, -0.15) is 0 Å². The van der Waals surface area contributed by atoms with Gasteiger partial charge < -0.3 is 10.2 Å². The maximum Gasteiger partial charge on any atom is 0.0327 e. The van der Waals surface area contributed by atoms with E-state index < -0.39 is 0 Å². The summed E-state index contributed by atoms with van der Waals surface area (Å²) in [6.45, 7) is 3.37. The van der Waals surface area contributed by atoms with Crippen LogP contribution in [-0.4, -0.2) is 25.5 Å². The third-order valence-corrected chi connectivity index (χ3v) is 3.64. The van der Waals surface area contributed by atoms with Crippen LogP contribution in [0.3, 0.4) is 0 Å². The van der Waals surface area contributed by atoms with Crippen LogP contribution in [0.15, 0.2) is 6.07 Å². The van der Waals surface area contributed by atoms with Crippen molar-refractivity contribution in [3.63, 3.8) is 0 Å². The summed E-state index contributed by atoms with van der Waals surface area (Å²) in [6.07, 6.45) is 1.23. The first-order chi connectivity index (χ1) is 6.29. The third kappa shape index (κ3) is 1.93. The average molecular weight is 196 g/mol. The molecule has 13 heavy (non-hydrogen) atoms. The van der Waals surface area contributed by atoms with E-state index in [1.165, 1.54) is 17.8 Å². The average Bonchev–Trinajstić information content (AvgIpc) is 2.46. The fourth-order valence-electron chi connectivity index (χ4n) is 1.77. The van der Waals surface area contributed by atoms with Crippen LogP contribution in [0.1, 0.15) is 15.3 Å². The first-order valence-corrected chi connectivity index (χ1v) is 5.55. The van der Waals surface area contributed by atoms with Gasteiger partial charge in [-0.1, -0.05) is 0 Å². The lowest BCUT2D eigenvalue weighted by Crippen LogP contribution is -2.24. The minimum absolute atomic E-state index is 1.02. The fourth-order valence-corrected chi connectivity index (χ4v) is 3.08. The Hall–Kier alpha value is -0.380. The van der Waals surface area contributed by atoms with Crippen molar-refractivity contribution in [2.45, 2.75) is 19.5 Å². The van der Waals surface area contributed by atoms with Crippen LogP contribution in [0, 0.1) is 0 Å². The first-order valence-electron chi connectivity index (χ1n) is 4.73. The second-order valence-corrected chi connectivity index (χ2v) is 4.90. The molecule has 1 aromatic heterocycles. The minimum atomic E-state index is 1.02. The Morgan fingerprint density at radius 3 is 3.23 bits per heavy atom. The number of rotatable bonds is 2. The summed E-state index contributed by atoms with van der Waals surface area (Å²) in [5.74, 6) is 0. The summed E-state index contributed by atoms with van der Waals surface area (Å²) < 4.78 is 0. The molecular weight excluding hydrogens is 180 g/mol. The number of thiophene rings is 1. The van der Waals surface area contributed by atoms with Gasteiger partial charge in [-0.15, -0.1) is 11.3 Å². The molecule has 0 saturated carbocycles. The minimum Gasteiger partial charge on any atom is -0.315 e. The molecule has 2 heterocycles. The van der Waals surface area contributed by atoms with Crippen molar-refractivity contribution in [1.29, 1.82) is 0 Å². The number of hydrogen-bond donors (Lipinski definition) is 1. The summed E-state index contributed by atoms with van der Waals surface area (Å²) in [7, 11) is 4.20. The second kappa shape index (κ2) is 3.78. The maximum absolute atomic E-state index is 3.20. The summed E-state index contributed by atoms with van der Waals surface area (Å²) in [4.78, 5) is 5.43. The molecule has 1 aliphatic heterocycles. The van der Waals surface area contributed by atoms with Crippen LogP contribution in [0.25, 0.3) is 0 Å². The van der Waals surface area contributed by atoms with Crippen molar-refractivity contribution >= 4 is 11.3 Å². The predicted molar refractivity (Wildman–Crippen MR) is 57.1 cm³/mol. The van der Waals surface area contributed by atoms with Gasteiger partial charge in [0.25, 0.3) is 0 Å².